The van der Waals surface area contributed by atoms with Gasteiger partial charge in [-0.3, -0.25) is 9.59 Å². The van der Waals surface area contributed by atoms with Crippen LogP contribution in [0.3, 0.4) is 0 Å². The van der Waals surface area contributed by atoms with Crippen LogP contribution in [-0.4, -0.2) is 28.8 Å². The molecule has 0 unspecified atom stereocenters. The Hall–Kier alpha value is -1.95. The highest BCUT2D eigenvalue weighted by Gasteiger charge is 2.46. The van der Waals surface area contributed by atoms with Gasteiger partial charge in [0.1, 0.15) is 11.7 Å². The van der Waals surface area contributed by atoms with E-state index >= 15 is 0 Å². The van der Waals surface area contributed by atoms with Gasteiger partial charge in [-0.2, -0.15) is 4.37 Å². The Balaban J connectivity index is 1.88. The van der Waals surface area contributed by atoms with Gasteiger partial charge in [0.15, 0.2) is 0 Å². The summed E-state index contributed by atoms with van der Waals surface area (Å²) in [7, 11) is 0. The summed E-state index contributed by atoms with van der Waals surface area (Å²) < 4.78 is 5.23. The number of benzene rings is 1. The number of rotatable bonds is 4. The first-order valence-corrected chi connectivity index (χ1v) is 8.31. The van der Waals surface area contributed by atoms with Crippen LogP contribution in [0.15, 0.2) is 24.3 Å². The van der Waals surface area contributed by atoms with E-state index in [2.05, 4.69) is 28.9 Å². The summed E-state index contributed by atoms with van der Waals surface area (Å²) in [5.74, 6) is -0.373. The first-order chi connectivity index (χ1) is 10.6. The number of carbonyl (C=O) groups excluding carboxylic acids is 2. The molecule has 0 spiro atoms. The van der Waals surface area contributed by atoms with Crippen molar-refractivity contribution < 1.29 is 9.59 Å². The molecule has 1 fully saturated rings. The molecule has 1 aliphatic rings. The minimum atomic E-state index is -0.490. The van der Waals surface area contributed by atoms with Crippen LogP contribution >= 0.6 is 11.5 Å². The Morgan fingerprint density at radius 1 is 1.41 bits per heavy atom. The van der Waals surface area contributed by atoms with Crippen molar-refractivity contribution in [2.45, 2.75) is 32.7 Å². The molecule has 1 atom stereocenters. The van der Waals surface area contributed by atoms with E-state index in [1.54, 1.807) is 0 Å². The van der Waals surface area contributed by atoms with E-state index in [-0.39, 0.29) is 17.2 Å². The topological polar surface area (TPSA) is 71.1 Å². The zero-order valence-electron chi connectivity index (χ0n) is 12.7. The molecule has 2 heterocycles. The summed E-state index contributed by atoms with van der Waals surface area (Å²) in [6.07, 6.45) is 1.68. The number of fused-ring (bicyclic) bond motifs is 1. The minimum absolute atomic E-state index is 0.100. The minimum Gasteiger partial charge on any atom is -0.354 e. The molecule has 5 nitrogen and oxygen atoms in total. The SMILES string of the molecule is CCC1(CC)CNC(=O)[C@H]1NC(=O)c1nsc2ccccc12. The van der Waals surface area contributed by atoms with Crippen molar-refractivity contribution >= 4 is 33.4 Å². The highest BCUT2D eigenvalue weighted by atomic mass is 32.1. The molecule has 0 saturated carbocycles. The van der Waals surface area contributed by atoms with Gasteiger partial charge >= 0.3 is 0 Å². The Bertz CT molecular complexity index is 721. The number of nitrogens with one attached hydrogen (secondary N) is 2. The van der Waals surface area contributed by atoms with E-state index in [0.717, 1.165) is 22.9 Å². The van der Waals surface area contributed by atoms with Gasteiger partial charge in [-0.1, -0.05) is 32.0 Å². The molecule has 0 radical (unpaired) electrons. The van der Waals surface area contributed by atoms with Crippen LogP contribution in [-0.2, 0) is 4.79 Å². The van der Waals surface area contributed by atoms with Crippen LogP contribution in [0.1, 0.15) is 37.2 Å². The second-order valence-electron chi connectivity index (χ2n) is 5.72. The van der Waals surface area contributed by atoms with Crippen LogP contribution in [0.25, 0.3) is 10.1 Å². The summed E-state index contributed by atoms with van der Waals surface area (Å²) in [6.45, 7) is 4.73. The fourth-order valence-corrected chi connectivity index (χ4v) is 3.89. The van der Waals surface area contributed by atoms with E-state index in [1.165, 1.54) is 11.5 Å². The first kappa shape index (κ1) is 15.0. The van der Waals surface area contributed by atoms with Gasteiger partial charge in [0, 0.05) is 17.3 Å². The lowest BCUT2D eigenvalue weighted by molar-refractivity contribution is -0.121. The molecule has 0 bridgehead atoms. The van der Waals surface area contributed by atoms with Crippen molar-refractivity contribution in [3.05, 3.63) is 30.0 Å². The summed E-state index contributed by atoms with van der Waals surface area (Å²) in [5.41, 5.74) is 0.194. The molecule has 1 aliphatic heterocycles. The summed E-state index contributed by atoms with van der Waals surface area (Å²) in [4.78, 5) is 24.7. The third-order valence-electron chi connectivity index (χ3n) is 4.77. The quantitative estimate of drug-likeness (QED) is 0.909. The average molecular weight is 317 g/mol. The highest BCUT2D eigenvalue weighted by molar-refractivity contribution is 7.13. The van der Waals surface area contributed by atoms with Gasteiger partial charge in [-0.15, -0.1) is 0 Å². The second kappa shape index (κ2) is 5.68. The number of hydrogen-bond acceptors (Lipinski definition) is 4. The average Bonchev–Trinajstić information content (AvgIpc) is 3.10. The molecular formula is C16H19N3O2S. The second-order valence-corrected chi connectivity index (χ2v) is 6.53. The Morgan fingerprint density at radius 2 is 2.14 bits per heavy atom. The van der Waals surface area contributed by atoms with Gasteiger partial charge < -0.3 is 10.6 Å². The monoisotopic (exact) mass is 317 g/mol. The van der Waals surface area contributed by atoms with Crippen LogP contribution in [0, 0.1) is 5.41 Å². The maximum atomic E-state index is 12.6. The standard InChI is InChI=1S/C16H19N3O2S/c1-3-16(4-2)9-17-15(21)13(16)18-14(20)12-10-7-5-6-8-11(10)22-19-12/h5-8,13H,3-4,9H2,1-2H3,(H,17,21)(H,18,20)/t13-/m1/s1. The lowest BCUT2D eigenvalue weighted by Crippen LogP contribution is -2.49. The van der Waals surface area contributed by atoms with Crippen LogP contribution in [0.4, 0.5) is 0 Å². The maximum Gasteiger partial charge on any atom is 0.272 e. The number of hydrogen-bond donors (Lipinski definition) is 2. The molecule has 2 N–H and O–H groups in total. The number of amides is 2. The molecule has 22 heavy (non-hydrogen) atoms. The predicted octanol–water partition coefficient (Wildman–Crippen LogP) is 2.33. The van der Waals surface area contributed by atoms with Crippen LogP contribution in [0.5, 0.6) is 0 Å². The van der Waals surface area contributed by atoms with Crippen molar-refractivity contribution in [3.8, 4) is 0 Å². The van der Waals surface area contributed by atoms with Crippen molar-refractivity contribution in [1.29, 1.82) is 0 Å². The predicted molar refractivity (Wildman–Crippen MR) is 86.9 cm³/mol. The van der Waals surface area contributed by atoms with Crippen molar-refractivity contribution in [2.75, 3.05) is 6.54 Å². The number of nitrogens with zero attached hydrogens (tertiary/aromatic N) is 1. The summed E-state index contributed by atoms with van der Waals surface area (Å²) >= 11 is 1.30. The van der Waals surface area contributed by atoms with Gasteiger partial charge in [0.25, 0.3) is 5.91 Å². The molecule has 3 rings (SSSR count). The Kier molecular flexibility index (Phi) is 3.87. The lowest BCUT2D eigenvalue weighted by Gasteiger charge is -2.31. The van der Waals surface area contributed by atoms with Crippen molar-refractivity contribution in [3.63, 3.8) is 0 Å². The summed E-state index contributed by atoms with van der Waals surface area (Å²) in [5, 5.41) is 6.62. The van der Waals surface area contributed by atoms with Crippen molar-refractivity contribution in [2.24, 2.45) is 5.41 Å². The maximum absolute atomic E-state index is 12.6. The smallest absolute Gasteiger partial charge is 0.272 e. The lowest BCUT2D eigenvalue weighted by atomic mass is 9.77. The molecule has 6 heteroatoms. The van der Waals surface area contributed by atoms with Crippen molar-refractivity contribution in [1.82, 2.24) is 15.0 Å². The van der Waals surface area contributed by atoms with E-state index in [4.69, 9.17) is 0 Å². The van der Waals surface area contributed by atoms with E-state index in [9.17, 15) is 9.59 Å². The Labute approximate surface area is 133 Å². The fourth-order valence-electron chi connectivity index (χ4n) is 3.12. The number of aromatic nitrogens is 1. The normalized spacial score (nSPS) is 20.1. The molecule has 0 aliphatic carbocycles. The molecule has 2 amide bonds. The largest absolute Gasteiger partial charge is 0.354 e. The fraction of sp³-hybridized carbons (Fsp3) is 0.438. The molecule has 1 saturated heterocycles. The molecular weight excluding hydrogens is 298 g/mol. The van der Waals surface area contributed by atoms with E-state index in [1.807, 2.05) is 24.3 Å². The van der Waals surface area contributed by atoms with Crippen LogP contribution in [0.2, 0.25) is 0 Å². The van der Waals surface area contributed by atoms with Gasteiger partial charge in [0.2, 0.25) is 5.91 Å². The van der Waals surface area contributed by atoms with Gasteiger partial charge in [-0.25, -0.2) is 0 Å². The zero-order chi connectivity index (χ0) is 15.7. The molecule has 2 aromatic rings. The third-order valence-corrected chi connectivity index (χ3v) is 5.59. The highest BCUT2D eigenvalue weighted by Crippen LogP contribution is 2.34. The zero-order valence-corrected chi connectivity index (χ0v) is 13.5. The summed E-state index contributed by atoms with van der Waals surface area (Å²) in [6, 6.07) is 7.14. The number of carbonyl (C=O) groups is 2. The van der Waals surface area contributed by atoms with Crippen LogP contribution < -0.4 is 10.6 Å². The first-order valence-electron chi connectivity index (χ1n) is 7.54. The Morgan fingerprint density at radius 3 is 2.86 bits per heavy atom. The molecule has 1 aromatic carbocycles. The van der Waals surface area contributed by atoms with Gasteiger partial charge in [0.05, 0.1) is 4.70 Å². The third kappa shape index (κ3) is 2.27. The van der Waals surface area contributed by atoms with Gasteiger partial charge in [-0.05, 0) is 30.4 Å². The van der Waals surface area contributed by atoms with E-state index in [0.29, 0.717) is 12.2 Å². The van der Waals surface area contributed by atoms with E-state index < -0.39 is 6.04 Å². The molecule has 116 valence electrons. The molecule has 1 aromatic heterocycles.